The Morgan fingerprint density at radius 1 is 1.47 bits per heavy atom. The van der Waals surface area contributed by atoms with E-state index in [0.29, 0.717) is 13.0 Å². The third-order valence-corrected chi connectivity index (χ3v) is 3.36. The number of carbonyl (C=O) groups is 1. The number of hydrogen-bond acceptors (Lipinski definition) is 2. The lowest BCUT2D eigenvalue weighted by Crippen LogP contribution is -2.38. The monoisotopic (exact) mass is 212 g/mol. The van der Waals surface area contributed by atoms with Crippen LogP contribution in [-0.2, 0) is 4.79 Å². The normalized spacial score (nSPS) is 17.3. The van der Waals surface area contributed by atoms with Crippen molar-refractivity contribution in [2.75, 3.05) is 20.1 Å². The van der Waals surface area contributed by atoms with Crippen LogP contribution in [0.1, 0.15) is 39.5 Å². The Labute approximate surface area is 93.0 Å². The maximum atomic E-state index is 11.9. The molecule has 0 atom stereocenters. The molecule has 0 spiro atoms. The minimum Gasteiger partial charge on any atom is -0.345 e. The lowest BCUT2D eigenvalue weighted by atomic mass is 9.84. The number of carbonyl (C=O) groups excluding carboxylic acids is 1. The fourth-order valence-corrected chi connectivity index (χ4v) is 1.78. The van der Waals surface area contributed by atoms with Crippen LogP contribution in [0.4, 0.5) is 0 Å². The average Bonchev–Trinajstić information content (AvgIpc) is 2.10. The predicted molar refractivity (Wildman–Crippen MR) is 62.4 cm³/mol. The standard InChI is InChI=1S/C12H24N2O/c1-12(2,9-13)7-11(15)14(3)8-10-5-4-6-10/h10H,4-9,13H2,1-3H3. The highest BCUT2D eigenvalue weighted by molar-refractivity contribution is 5.76. The first-order valence-electron chi connectivity index (χ1n) is 5.88. The van der Waals surface area contributed by atoms with Gasteiger partial charge in [-0.1, -0.05) is 20.3 Å². The molecular formula is C12H24N2O. The van der Waals surface area contributed by atoms with Gasteiger partial charge in [0.15, 0.2) is 0 Å². The van der Waals surface area contributed by atoms with Gasteiger partial charge in [-0.25, -0.2) is 0 Å². The van der Waals surface area contributed by atoms with Gasteiger partial charge in [0.1, 0.15) is 0 Å². The number of nitrogens with two attached hydrogens (primary N) is 1. The highest BCUT2D eigenvalue weighted by atomic mass is 16.2. The Morgan fingerprint density at radius 2 is 2.07 bits per heavy atom. The van der Waals surface area contributed by atoms with Crippen LogP contribution < -0.4 is 5.73 Å². The molecule has 0 bridgehead atoms. The van der Waals surface area contributed by atoms with E-state index in [0.717, 1.165) is 12.5 Å². The Kier molecular flexibility index (Phi) is 4.14. The van der Waals surface area contributed by atoms with E-state index in [1.165, 1.54) is 19.3 Å². The maximum Gasteiger partial charge on any atom is 0.222 e. The van der Waals surface area contributed by atoms with E-state index in [4.69, 9.17) is 5.73 Å². The van der Waals surface area contributed by atoms with Crippen molar-refractivity contribution >= 4 is 5.91 Å². The summed E-state index contributed by atoms with van der Waals surface area (Å²) in [6, 6.07) is 0. The van der Waals surface area contributed by atoms with E-state index in [2.05, 4.69) is 0 Å². The summed E-state index contributed by atoms with van der Waals surface area (Å²) < 4.78 is 0. The molecule has 1 aliphatic carbocycles. The molecule has 1 rings (SSSR count). The van der Waals surface area contributed by atoms with Crippen LogP contribution in [0.15, 0.2) is 0 Å². The van der Waals surface area contributed by atoms with Crippen molar-refractivity contribution in [1.82, 2.24) is 4.90 Å². The minimum absolute atomic E-state index is 0.0645. The van der Waals surface area contributed by atoms with Gasteiger partial charge in [-0.15, -0.1) is 0 Å². The third-order valence-electron chi connectivity index (χ3n) is 3.36. The zero-order chi connectivity index (χ0) is 11.5. The van der Waals surface area contributed by atoms with Crippen LogP contribution >= 0.6 is 0 Å². The zero-order valence-corrected chi connectivity index (χ0v) is 10.3. The molecular weight excluding hydrogens is 188 g/mol. The average molecular weight is 212 g/mol. The van der Waals surface area contributed by atoms with Gasteiger partial charge in [-0.3, -0.25) is 4.79 Å². The lowest BCUT2D eigenvalue weighted by molar-refractivity contribution is -0.132. The van der Waals surface area contributed by atoms with Gasteiger partial charge >= 0.3 is 0 Å². The molecule has 1 saturated carbocycles. The molecule has 1 amide bonds. The minimum atomic E-state index is -0.0645. The molecule has 3 heteroatoms. The number of hydrogen-bond donors (Lipinski definition) is 1. The van der Waals surface area contributed by atoms with E-state index >= 15 is 0 Å². The molecule has 0 aromatic heterocycles. The second kappa shape index (κ2) is 4.97. The summed E-state index contributed by atoms with van der Waals surface area (Å²) in [5.41, 5.74) is 5.56. The summed E-state index contributed by atoms with van der Waals surface area (Å²) in [7, 11) is 1.91. The Morgan fingerprint density at radius 3 is 2.47 bits per heavy atom. The molecule has 2 N–H and O–H groups in total. The molecule has 0 aromatic rings. The van der Waals surface area contributed by atoms with E-state index < -0.39 is 0 Å². The number of rotatable bonds is 5. The summed E-state index contributed by atoms with van der Waals surface area (Å²) in [5, 5.41) is 0. The molecule has 88 valence electrons. The van der Waals surface area contributed by atoms with Crippen LogP contribution in [-0.4, -0.2) is 30.9 Å². The van der Waals surface area contributed by atoms with E-state index in [1.807, 2.05) is 25.8 Å². The van der Waals surface area contributed by atoms with Crippen LogP contribution in [0.25, 0.3) is 0 Å². The molecule has 0 heterocycles. The van der Waals surface area contributed by atoms with Gasteiger partial charge in [0.2, 0.25) is 5.91 Å². The molecule has 1 aliphatic rings. The van der Waals surface area contributed by atoms with E-state index in [-0.39, 0.29) is 11.3 Å². The maximum absolute atomic E-state index is 11.9. The summed E-state index contributed by atoms with van der Waals surface area (Å²) >= 11 is 0. The Bertz CT molecular complexity index is 222. The molecule has 1 fully saturated rings. The van der Waals surface area contributed by atoms with Crippen LogP contribution in [0.3, 0.4) is 0 Å². The number of amides is 1. The summed E-state index contributed by atoms with van der Waals surface area (Å²) in [4.78, 5) is 13.7. The third kappa shape index (κ3) is 3.82. The van der Waals surface area contributed by atoms with Crippen LogP contribution in [0.5, 0.6) is 0 Å². The van der Waals surface area contributed by atoms with Gasteiger partial charge < -0.3 is 10.6 Å². The van der Waals surface area contributed by atoms with Crippen molar-refractivity contribution in [1.29, 1.82) is 0 Å². The SMILES string of the molecule is CN(CC1CCC1)C(=O)CC(C)(C)CN. The first-order valence-corrected chi connectivity index (χ1v) is 5.88. The molecule has 15 heavy (non-hydrogen) atoms. The molecule has 0 aliphatic heterocycles. The van der Waals surface area contributed by atoms with Gasteiger partial charge in [-0.2, -0.15) is 0 Å². The largest absolute Gasteiger partial charge is 0.345 e. The predicted octanol–water partition coefficient (Wildman–Crippen LogP) is 1.62. The first kappa shape index (κ1) is 12.5. The topological polar surface area (TPSA) is 46.3 Å². The fraction of sp³-hybridized carbons (Fsp3) is 0.917. The van der Waals surface area contributed by atoms with E-state index in [1.54, 1.807) is 0 Å². The summed E-state index contributed by atoms with van der Waals surface area (Å²) in [6.07, 6.45) is 4.48. The molecule has 0 aromatic carbocycles. The van der Waals surface area contributed by atoms with Gasteiger partial charge in [0.05, 0.1) is 0 Å². The molecule has 0 unspecified atom stereocenters. The van der Waals surface area contributed by atoms with Crippen molar-refractivity contribution in [2.45, 2.75) is 39.5 Å². The van der Waals surface area contributed by atoms with Crippen molar-refractivity contribution < 1.29 is 4.79 Å². The van der Waals surface area contributed by atoms with Crippen molar-refractivity contribution in [2.24, 2.45) is 17.1 Å². The summed E-state index contributed by atoms with van der Waals surface area (Å²) in [5.74, 6) is 0.984. The Hall–Kier alpha value is -0.570. The second-order valence-corrected chi connectivity index (χ2v) is 5.62. The highest BCUT2D eigenvalue weighted by Gasteiger charge is 2.25. The Balaban J connectivity index is 2.31. The van der Waals surface area contributed by atoms with Crippen LogP contribution in [0, 0.1) is 11.3 Å². The lowest BCUT2D eigenvalue weighted by Gasteiger charge is -2.32. The van der Waals surface area contributed by atoms with Crippen LogP contribution in [0.2, 0.25) is 0 Å². The highest BCUT2D eigenvalue weighted by Crippen LogP contribution is 2.27. The van der Waals surface area contributed by atoms with Crippen molar-refractivity contribution in [3.05, 3.63) is 0 Å². The second-order valence-electron chi connectivity index (χ2n) is 5.62. The zero-order valence-electron chi connectivity index (χ0n) is 10.3. The quantitative estimate of drug-likeness (QED) is 0.752. The first-order chi connectivity index (χ1) is 6.94. The molecule has 0 saturated heterocycles. The fourth-order valence-electron chi connectivity index (χ4n) is 1.78. The van der Waals surface area contributed by atoms with Crippen molar-refractivity contribution in [3.8, 4) is 0 Å². The van der Waals surface area contributed by atoms with Gasteiger partial charge in [0.25, 0.3) is 0 Å². The molecule has 0 radical (unpaired) electrons. The van der Waals surface area contributed by atoms with E-state index in [9.17, 15) is 4.79 Å². The molecule has 3 nitrogen and oxygen atoms in total. The van der Waals surface area contributed by atoms with Gasteiger partial charge in [0, 0.05) is 20.0 Å². The summed E-state index contributed by atoms with van der Waals surface area (Å²) in [6.45, 7) is 5.58. The van der Waals surface area contributed by atoms with Crippen molar-refractivity contribution in [3.63, 3.8) is 0 Å². The van der Waals surface area contributed by atoms with Gasteiger partial charge in [-0.05, 0) is 30.7 Å². The smallest absolute Gasteiger partial charge is 0.222 e. The number of nitrogens with zero attached hydrogens (tertiary/aromatic N) is 1.